The van der Waals surface area contributed by atoms with Crippen LogP contribution in [0.1, 0.15) is 18.2 Å². The van der Waals surface area contributed by atoms with Gasteiger partial charge in [-0.05, 0) is 35.0 Å². The minimum absolute atomic E-state index is 0.471. The lowest BCUT2D eigenvalue weighted by Gasteiger charge is -2.02. The molecule has 1 nitrogen and oxygen atoms in total. The summed E-state index contributed by atoms with van der Waals surface area (Å²) < 4.78 is 0.789. The highest BCUT2D eigenvalue weighted by Crippen LogP contribution is 2.24. The molecule has 1 heterocycles. The van der Waals surface area contributed by atoms with Gasteiger partial charge in [0.25, 0.3) is 0 Å². The number of nitrogens with zero attached hydrogens (tertiary/aromatic N) is 1. The van der Waals surface area contributed by atoms with Crippen molar-refractivity contribution in [1.29, 1.82) is 0 Å². The number of hydrogen-bond donors (Lipinski definition) is 0. The Morgan fingerprint density at radius 2 is 2.31 bits per heavy atom. The van der Waals surface area contributed by atoms with E-state index >= 15 is 0 Å². The van der Waals surface area contributed by atoms with Gasteiger partial charge in [-0.3, -0.25) is 0 Å². The number of hydrogen-bond acceptors (Lipinski definition) is 1. The van der Waals surface area contributed by atoms with Crippen LogP contribution in [0.5, 0.6) is 0 Å². The van der Waals surface area contributed by atoms with E-state index in [-0.39, 0.29) is 0 Å². The van der Waals surface area contributed by atoms with Crippen LogP contribution in [0.25, 0.3) is 12.2 Å². The molecule has 0 unspecified atom stereocenters. The van der Waals surface area contributed by atoms with Crippen molar-refractivity contribution in [2.45, 2.75) is 6.92 Å². The molecule has 0 aromatic carbocycles. The van der Waals surface area contributed by atoms with Crippen LogP contribution in [0.2, 0.25) is 5.15 Å². The highest BCUT2D eigenvalue weighted by molar-refractivity contribution is 9.10. The van der Waals surface area contributed by atoms with E-state index in [1.807, 2.05) is 25.1 Å². The summed E-state index contributed by atoms with van der Waals surface area (Å²) in [6, 6.07) is 1.90. The number of aromatic nitrogens is 1. The second-order valence-electron chi connectivity index (χ2n) is 2.44. The maximum atomic E-state index is 5.85. The van der Waals surface area contributed by atoms with E-state index < -0.39 is 0 Å². The average Bonchev–Trinajstić information content (AvgIpc) is 2.11. The van der Waals surface area contributed by atoms with Crippen LogP contribution in [0.4, 0.5) is 0 Å². The van der Waals surface area contributed by atoms with Crippen molar-refractivity contribution in [3.63, 3.8) is 0 Å². The fraction of sp³-hybridized carbons (Fsp3) is 0.100. The largest absolute Gasteiger partial charge is 0.235 e. The Labute approximate surface area is 91.3 Å². The van der Waals surface area contributed by atoms with Crippen molar-refractivity contribution >= 4 is 39.7 Å². The molecule has 0 atom stereocenters. The molecule has 0 amide bonds. The Morgan fingerprint density at radius 1 is 1.62 bits per heavy atom. The molecule has 1 aromatic rings. The lowest BCUT2D eigenvalue weighted by atomic mass is 10.2. The van der Waals surface area contributed by atoms with Crippen LogP contribution < -0.4 is 0 Å². The summed E-state index contributed by atoms with van der Waals surface area (Å²) in [5.74, 6) is 0. The monoisotopic (exact) mass is 257 g/mol. The molecule has 0 radical (unpaired) electrons. The minimum atomic E-state index is 0.471. The van der Waals surface area contributed by atoms with Crippen LogP contribution in [-0.2, 0) is 0 Å². The van der Waals surface area contributed by atoms with Gasteiger partial charge in [-0.15, -0.1) is 0 Å². The van der Waals surface area contributed by atoms with Gasteiger partial charge in [0.15, 0.2) is 0 Å². The van der Waals surface area contributed by atoms with E-state index in [2.05, 4.69) is 27.5 Å². The first-order valence-electron chi connectivity index (χ1n) is 3.80. The summed E-state index contributed by atoms with van der Waals surface area (Å²) in [6.07, 6.45) is 5.57. The normalized spacial score (nSPS) is 10.7. The molecular formula is C10H9BrClN. The first-order chi connectivity index (χ1) is 6.19. The van der Waals surface area contributed by atoms with Crippen molar-refractivity contribution in [2.75, 3.05) is 0 Å². The third-order valence-electron chi connectivity index (χ3n) is 1.54. The zero-order valence-electron chi connectivity index (χ0n) is 7.22. The lowest BCUT2D eigenvalue weighted by Crippen LogP contribution is -1.88. The molecule has 1 rings (SSSR count). The van der Waals surface area contributed by atoms with E-state index in [4.69, 9.17) is 11.6 Å². The molecule has 3 heteroatoms. The zero-order valence-corrected chi connectivity index (χ0v) is 9.56. The summed E-state index contributed by atoms with van der Waals surface area (Å²) >= 11 is 9.16. The van der Waals surface area contributed by atoms with Crippen molar-refractivity contribution in [2.24, 2.45) is 0 Å². The molecule has 0 bridgehead atoms. The Kier molecular flexibility index (Phi) is 3.70. The molecule has 68 valence electrons. The third-order valence-corrected chi connectivity index (χ3v) is 2.66. The number of allylic oxidation sites excluding steroid dienone is 1. The fourth-order valence-corrected chi connectivity index (χ4v) is 1.43. The lowest BCUT2D eigenvalue weighted by molar-refractivity contribution is 1.26. The van der Waals surface area contributed by atoms with E-state index in [0.717, 1.165) is 15.7 Å². The summed E-state index contributed by atoms with van der Waals surface area (Å²) in [7, 11) is 0. The average molecular weight is 259 g/mol. The first-order valence-corrected chi connectivity index (χ1v) is 4.97. The molecule has 13 heavy (non-hydrogen) atoms. The zero-order chi connectivity index (χ0) is 9.84. The molecule has 1 aromatic heterocycles. The van der Waals surface area contributed by atoms with Crippen molar-refractivity contribution in [1.82, 2.24) is 4.98 Å². The summed E-state index contributed by atoms with van der Waals surface area (Å²) in [5, 5.41) is 0.471. The quantitative estimate of drug-likeness (QED) is 0.726. The highest BCUT2D eigenvalue weighted by Gasteiger charge is 2.03. The summed E-state index contributed by atoms with van der Waals surface area (Å²) in [4.78, 5) is 4.19. The van der Waals surface area contributed by atoms with Gasteiger partial charge in [-0.25, -0.2) is 4.98 Å². The smallest absolute Gasteiger partial charge is 0.143 e. The Bertz CT molecular complexity index is 358. The molecule has 0 spiro atoms. The second kappa shape index (κ2) is 4.58. The number of rotatable bonds is 2. The molecule has 0 aliphatic rings. The Balaban J connectivity index is 3.32. The van der Waals surface area contributed by atoms with Crippen LogP contribution in [0, 0.1) is 0 Å². The van der Waals surface area contributed by atoms with Crippen LogP contribution in [-0.4, -0.2) is 4.98 Å². The van der Waals surface area contributed by atoms with Gasteiger partial charge in [0, 0.05) is 5.56 Å². The molecular weight excluding hydrogens is 249 g/mol. The predicted octanol–water partition coefficient (Wildman–Crippen LogP) is 4.17. The van der Waals surface area contributed by atoms with Crippen LogP contribution in [0.3, 0.4) is 0 Å². The third kappa shape index (κ3) is 2.42. The molecule has 0 saturated carbocycles. The Hall–Kier alpha value is -0.600. The topological polar surface area (TPSA) is 12.9 Å². The molecule has 0 fully saturated rings. The molecule has 0 aliphatic heterocycles. The first kappa shape index (κ1) is 10.5. The van der Waals surface area contributed by atoms with Gasteiger partial charge < -0.3 is 0 Å². The van der Waals surface area contributed by atoms with Gasteiger partial charge in [0.05, 0.1) is 10.2 Å². The van der Waals surface area contributed by atoms with Gasteiger partial charge in [-0.2, -0.15) is 0 Å². The van der Waals surface area contributed by atoms with Crippen molar-refractivity contribution in [3.05, 3.63) is 39.6 Å². The fourth-order valence-electron chi connectivity index (χ4n) is 0.949. The number of pyridine rings is 1. The molecule has 0 aliphatic carbocycles. The second-order valence-corrected chi connectivity index (χ2v) is 3.65. The van der Waals surface area contributed by atoms with E-state index in [0.29, 0.717) is 5.15 Å². The van der Waals surface area contributed by atoms with E-state index in [1.54, 1.807) is 6.08 Å². The molecule has 0 N–H and O–H groups in total. The van der Waals surface area contributed by atoms with Gasteiger partial charge in [0.1, 0.15) is 5.15 Å². The maximum absolute atomic E-state index is 5.85. The predicted molar refractivity (Wildman–Crippen MR) is 61.7 cm³/mol. The number of halogens is 2. The van der Waals surface area contributed by atoms with Crippen LogP contribution >= 0.6 is 27.5 Å². The van der Waals surface area contributed by atoms with E-state index in [9.17, 15) is 0 Å². The standard InChI is InChI=1S/C10H9BrClN/c1-3-5-9-7(4-2)6-8(11)10(12)13-9/h3-6H,2H2,1H3/b5-3-. The SMILES string of the molecule is C=Cc1cc(Br)c(Cl)nc1/C=C\C. The van der Waals surface area contributed by atoms with Gasteiger partial charge in [0.2, 0.25) is 0 Å². The molecule has 0 saturated heterocycles. The van der Waals surface area contributed by atoms with Gasteiger partial charge >= 0.3 is 0 Å². The van der Waals surface area contributed by atoms with E-state index in [1.165, 1.54) is 0 Å². The Morgan fingerprint density at radius 3 is 2.85 bits per heavy atom. The maximum Gasteiger partial charge on any atom is 0.143 e. The summed E-state index contributed by atoms with van der Waals surface area (Å²) in [5.41, 5.74) is 1.81. The van der Waals surface area contributed by atoms with Crippen molar-refractivity contribution < 1.29 is 0 Å². The minimum Gasteiger partial charge on any atom is -0.235 e. The van der Waals surface area contributed by atoms with Gasteiger partial charge in [-0.1, -0.05) is 30.3 Å². The van der Waals surface area contributed by atoms with Crippen LogP contribution in [0.15, 0.2) is 23.2 Å². The van der Waals surface area contributed by atoms with Crippen molar-refractivity contribution in [3.8, 4) is 0 Å². The summed E-state index contributed by atoms with van der Waals surface area (Å²) in [6.45, 7) is 5.64. The highest BCUT2D eigenvalue weighted by atomic mass is 79.9.